The molecule has 0 saturated carbocycles. The monoisotopic (exact) mass is 205 g/mol. The Balaban J connectivity index is 2.91. The Morgan fingerprint density at radius 2 is 2.13 bits per heavy atom. The highest BCUT2D eigenvalue weighted by Crippen LogP contribution is 2.14. The molecule has 0 aliphatic heterocycles. The predicted molar refractivity (Wildman–Crippen MR) is 61.2 cm³/mol. The number of carbonyl (C=O) groups excluding carboxylic acids is 1. The maximum atomic E-state index is 10.9. The minimum atomic E-state index is -0.457. The summed E-state index contributed by atoms with van der Waals surface area (Å²) in [5.41, 5.74) is 11.9. The van der Waals surface area contributed by atoms with E-state index in [9.17, 15) is 4.79 Å². The van der Waals surface area contributed by atoms with Crippen LogP contribution < -0.4 is 11.5 Å². The number of benzene rings is 1. The Morgan fingerprint density at radius 3 is 2.73 bits per heavy atom. The summed E-state index contributed by atoms with van der Waals surface area (Å²) in [7, 11) is 0. The van der Waals surface area contributed by atoms with Gasteiger partial charge in [-0.05, 0) is 24.6 Å². The zero-order valence-electron chi connectivity index (χ0n) is 8.73. The van der Waals surface area contributed by atoms with Gasteiger partial charge in [0.25, 0.3) is 0 Å². The first-order valence-corrected chi connectivity index (χ1v) is 4.86. The molecule has 1 rings (SSSR count). The number of aliphatic imine (C=N–C) groups is 1. The van der Waals surface area contributed by atoms with Gasteiger partial charge in [0.1, 0.15) is 0 Å². The van der Waals surface area contributed by atoms with Gasteiger partial charge in [-0.25, -0.2) is 4.99 Å². The van der Waals surface area contributed by atoms with Crippen molar-refractivity contribution >= 4 is 17.4 Å². The van der Waals surface area contributed by atoms with Crippen LogP contribution in [0, 0.1) is 0 Å². The molecule has 1 amide bonds. The van der Waals surface area contributed by atoms with Gasteiger partial charge in [0.05, 0.1) is 11.5 Å². The molecular weight excluding hydrogens is 190 g/mol. The predicted octanol–water partition coefficient (Wildman–Crippen LogP) is 1.57. The molecule has 0 saturated heterocycles. The first-order valence-electron chi connectivity index (χ1n) is 4.86. The van der Waals surface area contributed by atoms with Crippen molar-refractivity contribution in [2.24, 2.45) is 16.5 Å². The smallest absolute Gasteiger partial charge is 0.248 e. The molecule has 4 N–H and O–H groups in total. The van der Waals surface area contributed by atoms with Crippen LogP contribution in [0.25, 0.3) is 0 Å². The van der Waals surface area contributed by atoms with Crippen LogP contribution in [0.15, 0.2) is 29.3 Å². The van der Waals surface area contributed by atoms with Crippen molar-refractivity contribution in [3.63, 3.8) is 0 Å². The van der Waals surface area contributed by atoms with Crippen LogP contribution in [0.3, 0.4) is 0 Å². The van der Waals surface area contributed by atoms with E-state index in [-0.39, 0.29) is 0 Å². The van der Waals surface area contributed by atoms with Crippen molar-refractivity contribution in [1.82, 2.24) is 0 Å². The second-order valence-electron chi connectivity index (χ2n) is 3.27. The minimum absolute atomic E-state index is 0.445. The Morgan fingerprint density at radius 1 is 1.40 bits per heavy atom. The molecule has 0 aliphatic rings. The molecule has 0 heterocycles. The van der Waals surface area contributed by atoms with Crippen molar-refractivity contribution in [2.75, 3.05) is 0 Å². The number of primary amides is 1. The van der Waals surface area contributed by atoms with E-state index in [4.69, 9.17) is 11.5 Å². The maximum Gasteiger partial charge on any atom is 0.248 e. The molecule has 0 fully saturated rings. The highest BCUT2D eigenvalue weighted by atomic mass is 16.1. The van der Waals surface area contributed by atoms with Crippen LogP contribution in [0.5, 0.6) is 0 Å². The van der Waals surface area contributed by atoms with E-state index >= 15 is 0 Å². The summed E-state index contributed by atoms with van der Waals surface area (Å²) in [6.07, 6.45) is 1.70. The Hall–Kier alpha value is -1.84. The number of amides is 1. The van der Waals surface area contributed by atoms with E-state index < -0.39 is 5.91 Å². The molecule has 0 aromatic heterocycles. The molecule has 0 atom stereocenters. The van der Waals surface area contributed by atoms with Gasteiger partial charge >= 0.3 is 0 Å². The lowest BCUT2D eigenvalue weighted by molar-refractivity contribution is 0.100. The zero-order chi connectivity index (χ0) is 11.3. The molecule has 0 radical (unpaired) electrons. The minimum Gasteiger partial charge on any atom is -0.387 e. The van der Waals surface area contributed by atoms with Crippen LogP contribution >= 0.6 is 0 Å². The van der Waals surface area contributed by atoms with Gasteiger partial charge in [-0.2, -0.15) is 0 Å². The standard InChI is InChI=1S/C11H15N3O/c1-2-4-10(12)14-9-6-3-5-8(7-9)11(13)15/h3,5-7H,2,4H2,1H3,(H2,12,14)(H2,13,15). The number of rotatable bonds is 4. The van der Waals surface area contributed by atoms with Crippen molar-refractivity contribution < 1.29 is 4.79 Å². The van der Waals surface area contributed by atoms with Gasteiger partial charge in [-0.3, -0.25) is 4.79 Å². The van der Waals surface area contributed by atoms with Crippen LogP contribution in [0.1, 0.15) is 30.1 Å². The summed E-state index contributed by atoms with van der Waals surface area (Å²) in [6, 6.07) is 6.80. The van der Waals surface area contributed by atoms with Crippen LogP contribution in [0.4, 0.5) is 5.69 Å². The Kier molecular flexibility index (Phi) is 3.85. The molecule has 4 nitrogen and oxygen atoms in total. The van der Waals surface area contributed by atoms with E-state index in [0.717, 1.165) is 12.8 Å². The van der Waals surface area contributed by atoms with Crippen molar-refractivity contribution in [1.29, 1.82) is 0 Å². The van der Waals surface area contributed by atoms with Gasteiger partial charge in [0.15, 0.2) is 0 Å². The molecule has 0 spiro atoms. The lowest BCUT2D eigenvalue weighted by Gasteiger charge is -2.00. The molecule has 1 aromatic rings. The third-order valence-corrected chi connectivity index (χ3v) is 1.91. The highest BCUT2D eigenvalue weighted by molar-refractivity contribution is 5.94. The van der Waals surface area contributed by atoms with Crippen molar-refractivity contribution in [2.45, 2.75) is 19.8 Å². The number of hydrogen-bond donors (Lipinski definition) is 2. The van der Waals surface area contributed by atoms with E-state index in [2.05, 4.69) is 4.99 Å². The summed E-state index contributed by atoms with van der Waals surface area (Å²) in [5.74, 6) is 0.111. The van der Waals surface area contributed by atoms with Crippen LogP contribution in [-0.4, -0.2) is 11.7 Å². The Bertz CT molecular complexity index is 385. The average molecular weight is 205 g/mol. The van der Waals surface area contributed by atoms with Gasteiger partial charge < -0.3 is 11.5 Å². The first-order chi connectivity index (χ1) is 7.13. The number of nitrogens with zero attached hydrogens (tertiary/aromatic N) is 1. The van der Waals surface area contributed by atoms with Gasteiger partial charge in [0.2, 0.25) is 5.91 Å². The SMILES string of the molecule is CCCC(N)=Nc1cccc(C(N)=O)c1. The highest BCUT2D eigenvalue weighted by Gasteiger charge is 2.00. The number of carbonyl (C=O) groups is 1. The lowest BCUT2D eigenvalue weighted by atomic mass is 10.2. The normalized spacial score (nSPS) is 11.4. The summed E-state index contributed by atoms with van der Waals surface area (Å²) in [5, 5.41) is 0. The fraction of sp³-hybridized carbons (Fsp3) is 0.273. The number of nitrogens with two attached hydrogens (primary N) is 2. The quantitative estimate of drug-likeness (QED) is 0.578. The van der Waals surface area contributed by atoms with Crippen LogP contribution in [-0.2, 0) is 0 Å². The fourth-order valence-corrected chi connectivity index (χ4v) is 1.21. The van der Waals surface area contributed by atoms with E-state index in [1.165, 1.54) is 0 Å². The van der Waals surface area contributed by atoms with Crippen molar-refractivity contribution in [3.8, 4) is 0 Å². The fourth-order valence-electron chi connectivity index (χ4n) is 1.21. The lowest BCUT2D eigenvalue weighted by Crippen LogP contribution is -2.11. The average Bonchev–Trinajstić information content (AvgIpc) is 2.18. The second kappa shape index (κ2) is 5.14. The van der Waals surface area contributed by atoms with Gasteiger partial charge in [-0.1, -0.05) is 13.0 Å². The third-order valence-electron chi connectivity index (χ3n) is 1.91. The number of amidine groups is 1. The molecular formula is C11H15N3O. The first kappa shape index (κ1) is 11.2. The largest absolute Gasteiger partial charge is 0.387 e. The molecule has 4 heteroatoms. The summed E-state index contributed by atoms with van der Waals surface area (Å²) in [6.45, 7) is 2.03. The maximum absolute atomic E-state index is 10.9. The molecule has 80 valence electrons. The third kappa shape index (κ3) is 3.42. The topological polar surface area (TPSA) is 81.5 Å². The summed E-state index contributed by atoms with van der Waals surface area (Å²) < 4.78 is 0. The summed E-state index contributed by atoms with van der Waals surface area (Å²) in [4.78, 5) is 15.1. The number of hydrogen-bond acceptors (Lipinski definition) is 2. The zero-order valence-corrected chi connectivity index (χ0v) is 8.73. The van der Waals surface area contributed by atoms with E-state index in [1.807, 2.05) is 6.92 Å². The molecule has 0 unspecified atom stereocenters. The second-order valence-corrected chi connectivity index (χ2v) is 3.27. The van der Waals surface area contributed by atoms with Gasteiger partial charge in [-0.15, -0.1) is 0 Å². The summed E-state index contributed by atoms with van der Waals surface area (Å²) >= 11 is 0. The molecule has 0 aliphatic carbocycles. The molecule has 0 bridgehead atoms. The van der Waals surface area contributed by atoms with E-state index in [0.29, 0.717) is 17.1 Å². The molecule has 1 aromatic carbocycles. The van der Waals surface area contributed by atoms with Gasteiger partial charge in [0, 0.05) is 12.0 Å². The Labute approximate surface area is 89.0 Å². The van der Waals surface area contributed by atoms with Crippen LogP contribution in [0.2, 0.25) is 0 Å². The molecule has 15 heavy (non-hydrogen) atoms. The van der Waals surface area contributed by atoms with Crippen molar-refractivity contribution in [3.05, 3.63) is 29.8 Å². The van der Waals surface area contributed by atoms with E-state index in [1.54, 1.807) is 24.3 Å².